The molecule has 4 rings (SSSR count). The second-order valence-electron chi connectivity index (χ2n) is 6.05. The van der Waals surface area contributed by atoms with E-state index in [0.29, 0.717) is 5.11 Å². The Bertz CT molecular complexity index is 1120. The second-order valence-corrected chi connectivity index (χ2v) is 6.45. The highest BCUT2D eigenvalue weighted by atomic mass is 32.1. The molecular formula is C23H18N2OS. The van der Waals surface area contributed by atoms with E-state index in [1.54, 1.807) is 6.26 Å². The zero-order chi connectivity index (χ0) is 18.5. The van der Waals surface area contributed by atoms with E-state index in [9.17, 15) is 0 Å². The average molecular weight is 370 g/mol. The third-order valence-corrected chi connectivity index (χ3v) is 4.41. The van der Waals surface area contributed by atoms with Gasteiger partial charge in [0.1, 0.15) is 5.58 Å². The Morgan fingerprint density at radius 1 is 0.667 bits per heavy atom. The maximum atomic E-state index is 5.72. The molecule has 0 amide bonds. The van der Waals surface area contributed by atoms with E-state index in [2.05, 4.69) is 28.8 Å². The SMILES string of the molecule is S=C(Nc1cccc2ccccc2occ1)Nc1cccc2ccccc12. The fourth-order valence-electron chi connectivity index (χ4n) is 2.92. The number of thiocarbonyl (C=S) groups is 1. The summed E-state index contributed by atoms with van der Waals surface area (Å²) in [4.78, 5) is 0. The lowest BCUT2D eigenvalue weighted by Gasteiger charge is -2.12. The van der Waals surface area contributed by atoms with Crippen molar-refractivity contribution in [2.45, 2.75) is 0 Å². The molecule has 0 spiro atoms. The van der Waals surface area contributed by atoms with Crippen molar-refractivity contribution in [3.8, 4) is 0 Å². The van der Waals surface area contributed by atoms with Crippen molar-refractivity contribution in [1.82, 2.24) is 0 Å². The smallest absolute Gasteiger partial charge is 0.175 e. The number of fused-ring (bicyclic) bond motifs is 2. The van der Waals surface area contributed by atoms with Crippen LogP contribution in [0.1, 0.15) is 0 Å². The fourth-order valence-corrected chi connectivity index (χ4v) is 3.15. The predicted molar refractivity (Wildman–Crippen MR) is 118 cm³/mol. The van der Waals surface area contributed by atoms with Crippen LogP contribution in [-0.4, -0.2) is 5.11 Å². The van der Waals surface area contributed by atoms with Crippen LogP contribution in [0.3, 0.4) is 0 Å². The highest BCUT2D eigenvalue weighted by molar-refractivity contribution is 7.80. The average Bonchev–Trinajstić information content (AvgIpc) is 2.78. The van der Waals surface area contributed by atoms with Gasteiger partial charge in [-0.2, -0.15) is 0 Å². The number of para-hydroxylation sites is 1. The maximum absolute atomic E-state index is 5.72. The fraction of sp³-hybridized carbons (Fsp3) is 0. The van der Waals surface area contributed by atoms with Gasteiger partial charge in [0.25, 0.3) is 0 Å². The molecule has 132 valence electrons. The van der Waals surface area contributed by atoms with Gasteiger partial charge in [-0.05, 0) is 41.9 Å². The van der Waals surface area contributed by atoms with Crippen LogP contribution in [0.15, 0.2) is 102 Å². The quantitative estimate of drug-likeness (QED) is 0.394. The van der Waals surface area contributed by atoms with Crippen LogP contribution in [-0.2, 0) is 0 Å². The van der Waals surface area contributed by atoms with Gasteiger partial charge < -0.3 is 15.1 Å². The zero-order valence-corrected chi connectivity index (χ0v) is 15.4. The van der Waals surface area contributed by atoms with Gasteiger partial charge in [0.15, 0.2) is 5.11 Å². The Morgan fingerprint density at radius 2 is 1.37 bits per heavy atom. The Labute approximate surface area is 163 Å². The number of rotatable bonds is 2. The third-order valence-electron chi connectivity index (χ3n) is 4.21. The Kier molecular flexibility index (Phi) is 4.99. The lowest BCUT2D eigenvalue weighted by Crippen LogP contribution is -2.18. The lowest BCUT2D eigenvalue weighted by molar-refractivity contribution is 0.607. The van der Waals surface area contributed by atoms with Gasteiger partial charge in [-0.3, -0.25) is 0 Å². The lowest BCUT2D eigenvalue weighted by atomic mass is 10.1. The molecule has 0 bridgehead atoms. The minimum Gasteiger partial charge on any atom is -0.464 e. The molecule has 27 heavy (non-hydrogen) atoms. The normalized spacial score (nSPS) is 10.4. The summed E-state index contributed by atoms with van der Waals surface area (Å²) in [5.74, 6) is 0. The number of nitrogens with one attached hydrogen (secondary N) is 2. The summed E-state index contributed by atoms with van der Waals surface area (Å²) in [6.45, 7) is 0. The van der Waals surface area contributed by atoms with Crippen molar-refractivity contribution in [3.05, 3.63) is 97.3 Å². The molecule has 0 saturated carbocycles. The summed E-state index contributed by atoms with van der Waals surface area (Å²) in [7, 11) is 0. The molecule has 0 radical (unpaired) electrons. The monoisotopic (exact) mass is 370 g/mol. The molecule has 0 unspecified atom stereocenters. The molecule has 4 aromatic rings. The van der Waals surface area contributed by atoms with Crippen molar-refractivity contribution < 1.29 is 4.42 Å². The standard InChI is InChI=1S/C23H18N2OS/c27-23(25-21-13-6-9-17-7-1-3-12-20(17)21)24-19-11-5-10-18-8-2-4-14-22(18)26-16-15-19/h1-16H,(H2,24,25,27). The highest BCUT2D eigenvalue weighted by Crippen LogP contribution is 2.23. The van der Waals surface area contributed by atoms with Crippen molar-refractivity contribution in [3.63, 3.8) is 0 Å². The van der Waals surface area contributed by atoms with E-state index in [-0.39, 0.29) is 0 Å². The summed E-state index contributed by atoms with van der Waals surface area (Å²) in [5, 5.41) is 10.3. The molecule has 0 aliphatic rings. The number of hydrogen-bond donors (Lipinski definition) is 2. The van der Waals surface area contributed by atoms with Crippen molar-refractivity contribution >= 4 is 50.4 Å². The number of benzene rings is 3. The molecule has 4 heteroatoms. The van der Waals surface area contributed by atoms with Gasteiger partial charge in [0.2, 0.25) is 0 Å². The molecular weight excluding hydrogens is 352 g/mol. The van der Waals surface area contributed by atoms with Crippen LogP contribution >= 0.6 is 12.2 Å². The number of hydrogen-bond acceptors (Lipinski definition) is 2. The minimum absolute atomic E-state index is 0.521. The molecule has 3 aromatic carbocycles. The first-order valence-electron chi connectivity index (χ1n) is 8.66. The topological polar surface area (TPSA) is 37.2 Å². The van der Waals surface area contributed by atoms with Crippen LogP contribution in [0, 0.1) is 0 Å². The van der Waals surface area contributed by atoms with Crippen LogP contribution in [0.2, 0.25) is 0 Å². The van der Waals surface area contributed by atoms with Crippen LogP contribution < -0.4 is 10.6 Å². The first kappa shape index (κ1) is 17.1. The van der Waals surface area contributed by atoms with Gasteiger partial charge in [0, 0.05) is 22.1 Å². The van der Waals surface area contributed by atoms with Crippen LogP contribution in [0.25, 0.3) is 21.7 Å². The van der Waals surface area contributed by atoms with E-state index in [4.69, 9.17) is 16.6 Å². The Hall–Kier alpha value is -3.37. The van der Waals surface area contributed by atoms with E-state index >= 15 is 0 Å². The summed E-state index contributed by atoms with van der Waals surface area (Å²) in [6, 6.07) is 30.0. The molecule has 0 saturated heterocycles. The van der Waals surface area contributed by atoms with Gasteiger partial charge >= 0.3 is 0 Å². The predicted octanol–water partition coefficient (Wildman–Crippen LogP) is 6.52. The zero-order valence-electron chi connectivity index (χ0n) is 14.6. The van der Waals surface area contributed by atoms with Gasteiger partial charge in [0.05, 0.1) is 6.26 Å². The van der Waals surface area contributed by atoms with Gasteiger partial charge in [-0.1, -0.05) is 66.7 Å². The minimum atomic E-state index is 0.521. The van der Waals surface area contributed by atoms with Gasteiger partial charge in [-0.15, -0.1) is 0 Å². The van der Waals surface area contributed by atoms with Crippen molar-refractivity contribution in [2.75, 3.05) is 10.6 Å². The first-order valence-corrected chi connectivity index (χ1v) is 9.07. The molecule has 2 N–H and O–H groups in total. The Morgan fingerprint density at radius 3 is 2.30 bits per heavy atom. The molecule has 1 aromatic heterocycles. The maximum Gasteiger partial charge on any atom is 0.175 e. The first-order chi connectivity index (χ1) is 13.3. The molecule has 0 fully saturated rings. The highest BCUT2D eigenvalue weighted by Gasteiger charge is 2.02. The third kappa shape index (κ3) is 4.07. The van der Waals surface area contributed by atoms with Crippen LogP contribution in [0.4, 0.5) is 11.4 Å². The Balaban J connectivity index is 1.58. The summed E-state index contributed by atoms with van der Waals surface area (Å²) in [5.41, 5.74) is 2.62. The van der Waals surface area contributed by atoms with Crippen molar-refractivity contribution in [1.29, 1.82) is 0 Å². The summed E-state index contributed by atoms with van der Waals surface area (Å²) < 4.78 is 5.72. The summed E-state index contributed by atoms with van der Waals surface area (Å²) in [6.07, 6.45) is 1.66. The number of anilines is 2. The van der Waals surface area contributed by atoms with Crippen LogP contribution in [0.5, 0.6) is 0 Å². The second kappa shape index (κ2) is 7.89. The van der Waals surface area contributed by atoms with Gasteiger partial charge in [-0.25, -0.2) is 0 Å². The summed E-state index contributed by atoms with van der Waals surface area (Å²) >= 11 is 5.50. The molecule has 0 atom stereocenters. The molecule has 0 aliphatic carbocycles. The van der Waals surface area contributed by atoms with Crippen molar-refractivity contribution in [2.24, 2.45) is 0 Å². The molecule has 1 heterocycles. The molecule has 0 aliphatic heterocycles. The molecule has 3 nitrogen and oxygen atoms in total. The van der Waals surface area contributed by atoms with E-state index in [1.165, 1.54) is 5.39 Å². The van der Waals surface area contributed by atoms with E-state index in [1.807, 2.05) is 72.8 Å². The largest absolute Gasteiger partial charge is 0.464 e. The van der Waals surface area contributed by atoms with E-state index in [0.717, 1.165) is 27.7 Å². The van der Waals surface area contributed by atoms with E-state index < -0.39 is 0 Å².